The molecule has 0 heterocycles. The van der Waals surface area contributed by atoms with Crippen LogP contribution in [0.3, 0.4) is 0 Å². The molecule has 6 nitrogen and oxygen atoms in total. The Bertz CT molecular complexity index is 573. The highest BCUT2D eigenvalue weighted by atomic mass is 17.2. The van der Waals surface area contributed by atoms with Crippen molar-refractivity contribution in [1.29, 1.82) is 0 Å². The summed E-state index contributed by atoms with van der Waals surface area (Å²) < 4.78 is 0. The van der Waals surface area contributed by atoms with Crippen LogP contribution in [0.5, 0.6) is 0 Å². The van der Waals surface area contributed by atoms with Gasteiger partial charge in [-0.05, 0) is 25.0 Å². The van der Waals surface area contributed by atoms with Gasteiger partial charge in [-0.3, -0.25) is 0 Å². The second kappa shape index (κ2) is 6.51. The molecule has 20 heavy (non-hydrogen) atoms. The highest BCUT2D eigenvalue weighted by Crippen LogP contribution is 2.17. The summed E-state index contributed by atoms with van der Waals surface area (Å²) in [5, 5.41) is 9.07. The summed E-state index contributed by atoms with van der Waals surface area (Å²) in [5.74, 6) is -3.20. The maximum Gasteiger partial charge on any atom is 0.387 e. The number of hydrogen-bond acceptors (Lipinski definition) is 5. The quantitative estimate of drug-likeness (QED) is 0.515. The van der Waals surface area contributed by atoms with Gasteiger partial charge in [0.1, 0.15) is 0 Å². The molecule has 0 saturated heterocycles. The molecular formula is C14H14O6. The maximum absolute atomic E-state index is 11.9. The topological polar surface area (TPSA) is 89.9 Å². The van der Waals surface area contributed by atoms with Crippen molar-refractivity contribution in [2.45, 2.75) is 20.3 Å². The number of hydrogen-bond donors (Lipinski definition) is 1. The first-order chi connectivity index (χ1) is 9.38. The van der Waals surface area contributed by atoms with Crippen LogP contribution in [0, 0.1) is 0 Å². The average Bonchev–Trinajstić information content (AvgIpc) is 2.42. The van der Waals surface area contributed by atoms with E-state index in [1.54, 1.807) is 13.0 Å². The molecular weight excluding hydrogens is 264 g/mol. The highest BCUT2D eigenvalue weighted by molar-refractivity contribution is 6.03. The number of carbonyl (C=O) groups is 3. The number of carboxylic acids is 1. The summed E-state index contributed by atoms with van der Waals surface area (Å²) in [5.41, 5.74) is 0.207. The van der Waals surface area contributed by atoms with Gasteiger partial charge in [0, 0.05) is 5.57 Å². The van der Waals surface area contributed by atoms with Gasteiger partial charge in [-0.15, -0.1) is 0 Å². The van der Waals surface area contributed by atoms with Crippen LogP contribution in [-0.4, -0.2) is 23.0 Å². The normalized spacial score (nSPS) is 9.70. The van der Waals surface area contributed by atoms with Gasteiger partial charge in [-0.2, -0.15) is 0 Å². The lowest BCUT2D eigenvalue weighted by Gasteiger charge is -2.09. The van der Waals surface area contributed by atoms with Crippen molar-refractivity contribution in [3.8, 4) is 0 Å². The van der Waals surface area contributed by atoms with Crippen LogP contribution in [-0.2, 0) is 21.0 Å². The molecule has 0 amide bonds. The minimum Gasteiger partial charge on any atom is -0.478 e. The van der Waals surface area contributed by atoms with Crippen molar-refractivity contribution in [1.82, 2.24) is 0 Å². The van der Waals surface area contributed by atoms with Crippen molar-refractivity contribution in [2.75, 3.05) is 0 Å². The Morgan fingerprint density at radius 1 is 1.25 bits per heavy atom. The fourth-order valence-corrected chi connectivity index (χ4v) is 1.50. The molecule has 0 aliphatic heterocycles. The van der Waals surface area contributed by atoms with Gasteiger partial charge in [-0.1, -0.05) is 25.6 Å². The van der Waals surface area contributed by atoms with Crippen LogP contribution < -0.4 is 0 Å². The van der Waals surface area contributed by atoms with E-state index in [0.29, 0.717) is 12.0 Å². The number of aryl methyl sites for hydroxylation is 1. The van der Waals surface area contributed by atoms with Crippen LogP contribution in [0.25, 0.3) is 0 Å². The van der Waals surface area contributed by atoms with E-state index in [1.165, 1.54) is 19.1 Å². The Hall–Kier alpha value is -2.63. The van der Waals surface area contributed by atoms with E-state index in [1.807, 2.05) is 0 Å². The second-order valence-corrected chi connectivity index (χ2v) is 4.02. The number of benzene rings is 1. The molecule has 0 aromatic heterocycles. The van der Waals surface area contributed by atoms with Crippen LogP contribution in [0.15, 0.2) is 30.4 Å². The number of carbonyl (C=O) groups excluding carboxylic acids is 2. The second-order valence-electron chi connectivity index (χ2n) is 4.02. The molecule has 1 rings (SSSR count). The first kappa shape index (κ1) is 15.4. The van der Waals surface area contributed by atoms with Crippen molar-refractivity contribution < 1.29 is 29.3 Å². The van der Waals surface area contributed by atoms with Crippen LogP contribution in [0.2, 0.25) is 0 Å². The fourth-order valence-electron chi connectivity index (χ4n) is 1.50. The molecule has 0 bridgehead atoms. The number of aromatic carboxylic acids is 1. The Kier molecular flexibility index (Phi) is 5.02. The van der Waals surface area contributed by atoms with E-state index in [4.69, 9.17) is 5.11 Å². The molecule has 6 heteroatoms. The summed E-state index contributed by atoms with van der Waals surface area (Å²) in [6, 6.07) is 4.40. The highest BCUT2D eigenvalue weighted by Gasteiger charge is 2.23. The molecule has 0 radical (unpaired) electrons. The molecule has 0 aliphatic carbocycles. The third kappa shape index (κ3) is 3.44. The predicted molar refractivity (Wildman–Crippen MR) is 69.1 cm³/mol. The Labute approximate surface area is 115 Å². The van der Waals surface area contributed by atoms with Crippen molar-refractivity contribution >= 4 is 17.9 Å². The molecule has 0 aliphatic rings. The molecule has 0 saturated carbocycles. The van der Waals surface area contributed by atoms with Gasteiger partial charge in [-0.25, -0.2) is 24.2 Å². The zero-order chi connectivity index (χ0) is 15.3. The lowest BCUT2D eigenvalue weighted by atomic mass is 9.99. The van der Waals surface area contributed by atoms with Gasteiger partial charge < -0.3 is 5.11 Å². The van der Waals surface area contributed by atoms with E-state index in [2.05, 4.69) is 16.4 Å². The molecule has 1 aromatic rings. The minimum absolute atomic E-state index is 0.0556. The van der Waals surface area contributed by atoms with Crippen LogP contribution >= 0.6 is 0 Å². The molecule has 1 N–H and O–H groups in total. The zero-order valence-corrected chi connectivity index (χ0v) is 11.1. The van der Waals surface area contributed by atoms with E-state index < -0.39 is 17.9 Å². The van der Waals surface area contributed by atoms with Crippen LogP contribution in [0.4, 0.5) is 0 Å². The summed E-state index contributed by atoms with van der Waals surface area (Å²) in [7, 11) is 0. The molecule has 0 spiro atoms. The van der Waals surface area contributed by atoms with Gasteiger partial charge >= 0.3 is 17.9 Å². The van der Waals surface area contributed by atoms with Gasteiger partial charge in [0.25, 0.3) is 0 Å². The van der Waals surface area contributed by atoms with E-state index in [-0.39, 0.29) is 16.7 Å². The largest absolute Gasteiger partial charge is 0.478 e. The summed E-state index contributed by atoms with van der Waals surface area (Å²) in [6.07, 6.45) is 0.431. The lowest BCUT2D eigenvalue weighted by molar-refractivity contribution is -0.229. The lowest BCUT2D eigenvalue weighted by Crippen LogP contribution is -2.17. The van der Waals surface area contributed by atoms with E-state index in [0.717, 1.165) is 0 Å². The third-order valence-corrected chi connectivity index (χ3v) is 2.51. The van der Waals surface area contributed by atoms with Crippen molar-refractivity contribution in [3.05, 3.63) is 47.0 Å². The summed E-state index contributed by atoms with van der Waals surface area (Å²) in [4.78, 5) is 42.8. The van der Waals surface area contributed by atoms with E-state index >= 15 is 0 Å². The van der Waals surface area contributed by atoms with E-state index in [9.17, 15) is 14.4 Å². The zero-order valence-electron chi connectivity index (χ0n) is 11.1. The number of rotatable bonds is 4. The monoisotopic (exact) mass is 278 g/mol. The first-order valence-electron chi connectivity index (χ1n) is 5.82. The fraction of sp³-hybridized carbons (Fsp3) is 0.214. The SMILES string of the molecule is C=C(C)C(=O)OOC(=O)c1c(CC)cccc1C(=O)O. The molecule has 0 unspecified atom stereocenters. The third-order valence-electron chi connectivity index (χ3n) is 2.51. The van der Waals surface area contributed by atoms with Gasteiger partial charge in [0.2, 0.25) is 0 Å². The number of carboxylic acid groups (broad SMARTS) is 1. The first-order valence-corrected chi connectivity index (χ1v) is 5.82. The summed E-state index contributed by atoms with van der Waals surface area (Å²) >= 11 is 0. The molecule has 0 atom stereocenters. The predicted octanol–water partition coefficient (Wildman–Crippen LogP) is 2.14. The average molecular weight is 278 g/mol. The van der Waals surface area contributed by atoms with Crippen LogP contribution in [0.1, 0.15) is 40.1 Å². The van der Waals surface area contributed by atoms with Crippen molar-refractivity contribution in [3.63, 3.8) is 0 Å². The smallest absolute Gasteiger partial charge is 0.387 e. The minimum atomic E-state index is -1.27. The standard InChI is InChI=1S/C14H14O6/c1-4-9-6-5-7-10(12(15)16)11(9)14(18)20-19-13(17)8(2)3/h5-7H,2,4H2,1,3H3,(H,15,16). The van der Waals surface area contributed by atoms with Gasteiger partial charge in [0.05, 0.1) is 11.1 Å². The Morgan fingerprint density at radius 3 is 2.40 bits per heavy atom. The molecule has 106 valence electrons. The molecule has 1 aromatic carbocycles. The molecule has 0 fully saturated rings. The maximum atomic E-state index is 11.9. The Balaban J connectivity index is 3.05. The van der Waals surface area contributed by atoms with Gasteiger partial charge in [0.15, 0.2) is 0 Å². The van der Waals surface area contributed by atoms with Crippen molar-refractivity contribution in [2.24, 2.45) is 0 Å². The summed E-state index contributed by atoms with van der Waals surface area (Å²) in [6.45, 7) is 6.47. The Morgan fingerprint density at radius 2 is 1.90 bits per heavy atom.